The molecule has 0 aliphatic heterocycles. The van der Waals surface area contributed by atoms with Gasteiger partial charge in [-0.25, -0.2) is 0 Å². The molecule has 19 heavy (non-hydrogen) atoms. The summed E-state index contributed by atoms with van der Waals surface area (Å²) < 4.78 is 0. The van der Waals surface area contributed by atoms with Gasteiger partial charge in [-0.2, -0.15) is 0 Å². The van der Waals surface area contributed by atoms with Crippen LogP contribution in [-0.2, 0) is 11.2 Å². The standard InChI is InChI=1S/C15H16N2O2/c1-11(18)13-7-2-3-8-14(13)17-15(19)10-12-6-4-5-9-16-12/h2-9,11,18H,10H2,1H3,(H,17,19). The number of aliphatic hydroxyl groups is 1. The zero-order chi connectivity index (χ0) is 13.7. The van der Waals surface area contributed by atoms with Crippen molar-refractivity contribution in [2.75, 3.05) is 5.32 Å². The van der Waals surface area contributed by atoms with Crippen molar-refractivity contribution in [1.29, 1.82) is 0 Å². The molecule has 0 spiro atoms. The molecule has 0 saturated heterocycles. The number of carbonyl (C=O) groups is 1. The number of anilines is 1. The maximum absolute atomic E-state index is 11.9. The molecule has 0 fully saturated rings. The smallest absolute Gasteiger partial charge is 0.230 e. The van der Waals surface area contributed by atoms with Gasteiger partial charge < -0.3 is 10.4 Å². The number of rotatable bonds is 4. The second kappa shape index (κ2) is 6.11. The third-order valence-corrected chi connectivity index (χ3v) is 2.75. The maximum atomic E-state index is 11.9. The van der Waals surface area contributed by atoms with Crippen LogP contribution in [0.2, 0.25) is 0 Å². The highest BCUT2D eigenvalue weighted by Crippen LogP contribution is 2.22. The maximum Gasteiger partial charge on any atom is 0.230 e. The lowest BCUT2D eigenvalue weighted by Crippen LogP contribution is -2.16. The van der Waals surface area contributed by atoms with Crippen LogP contribution >= 0.6 is 0 Å². The summed E-state index contributed by atoms with van der Waals surface area (Å²) >= 11 is 0. The van der Waals surface area contributed by atoms with Crippen LogP contribution in [0.1, 0.15) is 24.3 Å². The molecule has 0 radical (unpaired) electrons. The third-order valence-electron chi connectivity index (χ3n) is 2.75. The van der Waals surface area contributed by atoms with Gasteiger partial charge in [-0.15, -0.1) is 0 Å². The number of amides is 1. The molecule has 1 atom stereocenters. The number of carbonyl (C=O) groups excluding carboxylic acids is 1. The molecule has 2 N–H and O–H groups in total. The average Bonchev–Trinajstić information content (AvgIpc) is 2.40. The summed E-state index contributed by atoms with van der Waals surface area (Å²) in [5.74, 6) is -0.146. The highest BCUT2D eigenvalue weighted by Gasteiger charge is 2.10. The second-order valence-corrected chi connectivity index (χ2v) is 4.31. The SMILES string of the molecule is CC(O)c1ccccc1NC(=O)Cc1ccccn1. The Morgan fingerprint density at radius 2 is 2.00 bits per heavy atom. The fourth-order valence-corrected chi connectivity index (χ4v) is 1.84. The Hall–Kier alpha value is -2.20. The van der Waals surface area contributed by atoms with Crippen LogP contribution in [0.4, 0.5) is 5.69 Å². The lowest BCUT2D eigenvalue weighted by atomic mass is 10.1. The molecule has 0 bridgehead atoms. The average molecular weight is 256 g/mol. The van der Waals surface area contributed by atoms with Gasteiger partial charge >= 0.3 is 0 Å². The van der Waals surface area contributed by atoms with Crippen LogP contribution in [0.25, 0.3) is 0 Å². The summed E-state index contributed by atoms with van der Waals surface area (Å²) in [4.78, 5) is 16.0. The van der Waals surface area contributed by atoms with E-state index >= 15 is 0 Å². The van der Waals surface area contributed by atoms with E-state index in [9.17, 15) is 9.90 Å². The minimum atomic E-state index is -0.619. The summed E-state index contributed by atoms with van der Waals surface area (Å²) in [5, 5.41) is 12.4. The van der Waals surface area contributed by atoms with Gasteiger partial charge in [0.25, 0.3) is 0 Å². The predicted molar refractivity (Wildman–Crippen MR) is 73.6 cm³/mol. The number of hydrogen-bond acceptors (Lipinski definition) is 3. The number of nitrogens with one attached hydrogen (secondary N) is 1. The quantitative estimate of drug-likeness (QED) is 0.882. The topological polar surface area (TPSA) is 62.2 Å². The van der Waals surface area contributed by atoms with E-state index < -0.39 is 6.10 Å². The van der Waals surface area contributed by atoms with Gasteiger partial charge in [0.15, 0.2) is 0 Å². The fraction of sp³-hybridized carbons (Fsp3) is 0.200. The summed E-state index contributed by atoms with van der Waals surface area (Å²) in [6.45, 7) is 1.67. The number of para-hydroxylation sites is 1. The van der Waals surface area contributed by atoms with Crippen LogP contribution in [0.5, 0.6) is 0 Å². The van der Waals surface area contributed by atoms with E-state index in [0.717, 1.165) is 5.69 Å². The number of aromatic nitrogens is 1. The number of aliphatic hydroxyl groups excluding tert-OH is 1. The van der Waals surface area contributed by atoms with Crippen molar-refractivity contribution < 1.29 is 9.90 Å². The zero-order valence-electron chi connectivity index (χ0n) is 10.7. The Labute approximate surface area is 112 Å². The normalized spacial score (nSPS) is 11.9. The first-order chi connectivity index (χ1) is 9.16. The lowest BCUT2D eigenvalue weighted by Gasteiger charge is -2.12. The van der Waals surface area contributed by atoms with E-state index in [4.69, 9.17) is 0 Å². The molecule has 2 rings (SSSR count). The van der Waals surface area contributed by atoms with E-state index in [1.807, 2.05) is 24.3 Å². The summed E-state index contributed by atoms with van der Waals surface area (Å²) in [7, 11) is 0. The van der Waals surface area contributed by atoms with E-state index in [0.29, 0.717) is 11.3 Å². The predicted octanol–water partition coefficient (Wildman–Crippen LogP) is 2.32. The second-order valence-electron chi connectivity index (χ2n) is 4.31. The number of nitrogens with zero attached hydrogens (tertiary/aromatic N) is 1. The molecule has 0 aliphatic rings. The molecular formula is C15H16N2O2. The monoisotopic (exact) mass is 256 g/mol. The Kier molecular flexibility index (Phi) is 4.26. The Morgan fingerprint density at radius 3 is 2.68 bits per heavy atom. The molecule has 1 aromatic heterocycles. The minimum Gasteiger partial charge on any atom is -0.389 e. The minimum absolute atomic E-state index is 0.146. The zero-order valence-corrected chi connectivity index (χ0v) is 10.7. The molecular weight excluding hydrogens is 240 g/mol. The summed E-state index contributed by atoms with van der Waals surface area (Å²) in [6, 6.07) is 12.7. The Bertz CT molecular complexity index is 553. The van der Waals surface area contributed by atoms with Crippen molar-refractivity contribution in [2.24, 2.45) is 0 Å². The molecule has 1 heterocycles. The molecule has 1 aromatic carbocycles. The van der Waals surface area contributed by atoms with Crippen LogP contribution in [0.15, 0.2) is 48.7 Å². The summed E-state index contributed by atoms with van der Waals surface area (Å²) in [5.41, 5.74) is 2.06. The lowest BCUT2D eigenvalue weighted by molar-refractivity contribution is -0.115. The van der Waals surface area contributed by atoms with E-state index in [2.05, 4.69) is 10.3 Å². The van der Waals surface area contributed by atoms with Crippen LogP contribution in [0.3, 0.4) is 0 Å². The van der Waals surface area contributed by atoms with E-state index in [-0.39, 0.29) is 12.3 Å². The van der Waals surface area contributed by atoms with Gasteiger partial charge in [0.05, 0.1) is 12.5 Å². The van der Waals surface area contributed by atoms with Crippen LogP contribution < -0.4 is 5.32 Å². The van der Waals surface area contributed by atoms with Crippen LogP contribution in [-0.4, -0.2) is 16.0 Å². The van der Waals surface area contributed by atoms with Crippen molar-refractivity contribution >= 4 is 11.6 Å². The highest BCUT2D eigenvalue weighted by molar-refractivity contribution is 5.92. The van der Waals surface area contributed by atoms with E-state index in [1.54, 1.807) is 31.3 Å². The first-order valence-corrected chi connectivity index (χ1v) is 6.13. The molecule has 98 valence electrons. The van der Waals surface area contributed by atoms with Gasteiger partial charge in [0.2, 0.25) is 5.91 Å². The van der Waals surface area contributed by atoms with Crippen molar-refractivity contribution in [3.05, 3.63) is 59.9 Å². The molecule has 1 unspecified atom stereocenters. The van der Waals surface area contributed by atoms with Crippen molar-refractivity contribution in [2.45, 2.75) is 19.4 Å². The number of hydrogen-bond donors (Lipinski definition) is 2. The summed E-state index contributed by atoms with van der Waals surface area (Å²) in [6.07, 6.45) is 1.26. The molecule has 0 aliphatic carbocycles. The van der Waals surface area contributed by atoms with Gasteiger partial charge in [-0.05, 0) is 25.1 Å². The molecule has 1 amide bonds. The molecule has 4 heteroatoms. The first-order valence-electron chi connectivity index (χ1n) is 6.13. The number of pyridine rings is 1. The third kappa shape index (κ3) is 3.63. The first kappa shape index (κ1) is 13.2. The largest absolute Gasteiger partial charge is 0.389 e. The van der Waals surface area contributed by atoms with Crippen molar-refractivity contribution in [3.63, 3.8) is 0 Å². The molecule has 2 aromatic rings. The molecule has 4 nitrogen and oxygen atoms in total. The van der Waals surface area contributed by atoms with Crippen molar-refractivity contribution in [1.82, 2.24) is 4.98 Å². The van der Waals surface area contributed by atoms with Gasteiger partial charge in [0, 0.05) is 23.1 Å². The van der Waals surface area contributed by atoms with Gasteiger partial charge in [-0.3, -0.25) is 9.78 Å². The van der Waals surface area contributed by atoms with Crippen molar-refractivity contribution in [3.8, 4) is 0 Å². The molecule has 0 saturated carbocycles. The highest BCUT2D eigenvalue weighted by atomic mass is 16.3. The fourth-order valence-electron chi connectivity index (χ4n) is 1.84. The van der Waals surface area contributed by atoms with Crippen LogP contribution in [0, 0.1) is 0 Å². The number of benzene rings is 1. The Morgan fingerprint density at radius 1 is 1.26 bits per heavy atom. The Balaban J connectivity index is 2.07. The van der Waals surface area contributed by atoms with Gasteiger partial charge in [-0.1, -0.05) is 24.3 Å². The van der Waals surface area contributed by atoms with Gasteiger partial charge in [0.1, 0.15) is 0 Å². The van der Waals surface area contributed by atoms with E-state index in [1.165, 1.54) is 0 Å².